The van der Waals surface area contributed by atoms with Gasteiger partial charge in [0.25, 0.3) is 0 Å². The van der Waals surface area contributed by atoms with E-state index in [1.807, 2.05) is 37.2 Å². The number of hydrogen-bond acceptors (Lipinski definition) is 5. The summed E-state index contributed by atoms with van der Waals surface area (Å²) in [6, 6.07) is 8.17. The highest BCUT2D eigenvalue weighted by Gasteiger charge is 2.20. The van der Waals surface area contributed by atoms with Gasteiger partial charge < -0.3 is 16.0 Å². The molecule has 3 N–H and O–H groups in total. The van der Waals surface area contributed by atoms with Crippen LogP contribution in [0.15, 0.2) is 24.3 Å². The van der Waals surface area contributed by atoms with E-state index in [4.69, 9.17) is 10.7 Å². The predicted octanol–water partition coefficient (Wildman–Crippen LogP) is 2.87. The topological polar surface area (TPSA) is 67.1 Å². The molecule has 3 rings (SSSR count). The van der Waals surface area contributed by atoms with Crippen LogP contribution in [0.4, 0.5) is 11.8 Å². The number of aromatic nitrogens is 2. The maximum absolute atomic E-state index is 5.77. The van der Waals surface area contributed by atoms with Gasteiger partial charge in [-0.3, -0.25) is 0 Å². The molecule has 1 saturated carbocycles. The minimum absolute atomic E-state index is 0.704. The largest absolute Gasteiger partial charge is 0.362 e. The summed E-state index contributed by atoms with van der Waals surface area (Å²) >= 11 is 0. The second-order valence-electron chi connectivity index (χ2n) is 6.79. The maximum Gasteiger partial charge on any atom is 0.225 e. The lowest BCUT2D eigenvalue weighted by atomic mass is 9.82. The van der Waals surface area contributed by atoms with Gasteiger partial charge in [0, 0.05) is 26.0 Å². The molecule has 0 atom stereocenters. The summed E-state index contributed by atoms with van der Waals surface area (Å²) in [6.07, 6.45) is 5.01. The summed E-state index contributed by atoms with van der Waals surface area (Å²) in [7, 11) is 4.04. The van der Waals surface area contributed by atoms with E-state index in [1.54, 1.807) is 0 Å². The van der Waals surface area contributed by atoms with Gasteiger partial charge >= 0.3 is 0 Å². The van der Waals surface area contributed by atoms with Crippen LogP contribution in [0.25, 0.3) is 10.9 Å². The normalized spacial score (nSPS) is 21.3. The number of nitrogens with two attached hydrogens (primary N) is 1. The number of anilines is 2. The fourth-order valence-corrected chi connectivity index (χ4v) is 3.39. The van der Waals surface area contributed by atoms with E-state index in [1.165, 1.54) is 25.7 Å². The van der Waals surface area contributed by atoms with Gasteiger partial charge in [-0.25, -0.2) is 4.98 Å². The van der Waals surface area contributed by atoms with Crippen LogP contribution in [0.1, 0.15) is 25.7 Å². The van der Waals surface area contributed by atoms with Crippen LogP contribution in [0.2, 0.25) is 0 Å². The standard InChI is InChI=1S/C18H27N5/c1-23(2)17-15-5-3-4-6-16(15)21-18(22-17)20-12-14-9-7-13(11-19)8-10-14/h3-6,13-14H,7-12,19H2,1-2H3,(H,20,21,22). The molecule has 5 heteroatoms. The summed E-state index contributed by atoms with van der Waals surface area (Å²) in [5.41, 5.74) is 6.76. The average molecular weight is 313 g/mol. The van der Waals surface area contributed by atoms with Crippen molar-refractivity contribution in [3.05, 3.63) is 24.3 Å². The van der Waals surface area contributed by atoms with E-state index in [2.05, 4.69) is 16.4 Å². The molecule has 2 aromatic rings. The van der Waals surface area contributed by atoms with Crippen molar-refractivity contribution < 1.29 is 0 Å². The third-order valence-electron chi connectivity index (χ3n) is 4.86. The highest BCUT2D eigenvalue weighted by molar-refractivity contribution is 5.90. The summed E-state index contributed by atoms with van der Waals surface area (Å²) in [5, 5.41) is 4.54. The van der Waals surface area contributed by atoms with E-state index >= 15 is 0 Å². The van der Waals surface area contributed by atoms with Crippen molar-refractivity contribution in [3.8, 4) is 0 Å². The lowest BCUT2D eigenvalue weighted by molar-refractivity contribution is 0.289. The van der Waals surface area contributed by atoms with Crippen LogP contribution in [-0.2, 0) is 0 Å². The fraction of sp³-hybridized carbons (Fsp3) is 0.556. The number of rotatable bonds is 5. The zero-order valence-corrected chi connectivity index (χ0v) is 14.1. The van der Waals surface area contributed by atoms with Gasteiger partial charge in [0.15, 0.2) is 0 Å². The van der Waals surface area contributed by atoms with Gasteiger partial charge in [-0.1, -0.05) is 12.1 Å². The molecule has 5 nitrogen and oxygen atoms in total. The Bertz CT molecular complexity index is 647. The van der Waals surface area contributed by atoms with Crippen molar-refractivity contribution in [2.45, 2.75) is 25.7 Å². The van der Waals surface area contributed by atoms with Gasteiger partial charge in [0.2, 0.25) is 5.95 Å². The number of fused-ring (bicyclic) bond motifs is 1. The van der Waals surface area contributed by atoms with Crippen molar-refractivity contribution in [2.24, 2.45) is 17.6 Å². The van der Waals surface area contributed by atoms with Crippen LogP contribution in [0.3, 0.4) is 0 Å². The lowest BCUT2D eigenvalue weighted by Crippen LogP contribution is -2.25. The number of hydrogen-bond donors (Lipinski definition) is 2. The van der Waals surface area contributed by atoms with E-state index < -0.39 is 0 Å². The quantitative estimate of drug-likeness (QED) is 0.888. The molecule has 0 spiro atoms. The smallest absolute Gasteiger partial charge is 0.225 e. The van der Waals surface area contributed by atoms with Crippen LogP contribution in [0.5, 0.6) is 0 Å². The van der Waals surface area contributed by atoms with Gasteiger partial charge in [-0.15, -0.1) is 0 Å². The first kappa shape index (κ1) is 16.0. The minimum atomic E-state index is 0.704. The summed E-state index contributed by atoms with van der Waals surface area (Å²) in [4.78, 5) is 11.4. The molecular formula is C18H27N5. The number of para-hydroxylation sites is 1. The summed E-state index contributed by atoms with van der Waals surface area (Å²) < 4.78 is 0. The summed E-state index contributed by atoms with van der Waals surface area (Å²) in [5.74, 6) is 3.12. The first-order valence-electron chi connectivity index (χ1n) is 8.55. The number of nitrogens with zero attached hydrogens (tertiary/aromatic N) is 3. The average Bonchev–Trinajstić information content (AvgIpc) is 2.59. The first-order chi connectivity index (χ1) is 11.2. The third-order valence-corrected chi connectivity index (χ3v) is 4.86. The molecule has 1 aromatic heterocycles. The molecular weight excluding hydrogens is 286 g/mol. The Labute approximate surface area is 138 Å². The van der Waals surface area contributed by atoms with Crippen molar-refractivity contribution in [1.29, 1.82) is 0 Å². The van der Waals surface area contributed by atoms with E-state index in [-0.39, 0.29) is 0 Å². The first-order valence-corrected chi connectivity index (χ1v) is 8.55. The van der Waals surface area contributed by atoms with Crippen molar-refractivity contribution in [1.82, 2.24) is 9.97 Å². The molecule has 0 aliphatic heterocycles. The van der Waals surface area contributed by atoms with Crippen LogP contribution < -0.4 is 16.0 Å². The van der Waals surface area contributed by atoms with E-state index in [0.717, 1.165) is 41.7 Å². The monoisotopic (exact) mass is 313 g/mol. The van der Waals surface area contributed by atoms with Crippen molar-refractivity contribution in [3.63, 3.8) is 0 Å². The zero-order valence-electron chi connectivity index (χ0n) is 14.1. The van der Waals surface area contributed by atoms with Crippen molar-refractivity contribution in [2.75, 3.05) is 37.4 Å². The predicted molar refractivity (Wildman–Crippen MR) is 96.9 cm³/mol. The Balaban J connectivity index is 1.71. The zero-order chi connectivity index (χ0) is 16.2. The fourth-order valence-electron chi connectivity index (χ4n) is 3.39. The van der Waals surface area contributed by atoms with Crippen LogP contribution in [0, 0.1) is 11.8 Å². The number of nitrogens with one attached hydrogen (secondary N) is 1. The highest BCUT2D eigenvalue weighted by atomic mass is 15.2. The molecule has 0 unspecified atom stereocenters. The number of benzene rings is 1. The molecule has 1 aromatic carbocycles. The Hall–Kier alpha value is -1.88. The molecule has 0 bridgehead atoms. The second-order valence-corrected chi connectivity index (χ2v) is 6.79. The second kappa shape index (κ2) is 7.13. The molecule has 0 saturated heterocycles. The molecule has 124 valence electrons. The minimum Gasteiger partial charge on any atom is -0.362 e. The van der Waals surface area contributed by atoms with E-state index in [9.17, 15) is 0 Å². The molecule has 1 heterocycles. The molecule has 1 fully saturated rings. The Kier molecular flexibility index (Phi) is 4.96. The molecule has 1 aliphatic carbocycles. The Morgan fingerprint density at radius 2 is 1.78 bits per heavy atom. The SMILES string of the molecule is CN(C)c1nc(NCC2CCC(CN)CC2)nc2ccccc12. The maximum atomic E-state index is 5.77. The molecule has 0 radical (unpaired) electrons. The molecule has 0 amide bonds. The van der Waals surface area contributed by atoms with Crippen molar-refractivity contribution >= 4 is 22.7 Å². The Morgan fingerprint density at radius 1 is 1.09 bits per heavy atom. The Morgan fingerprint density at radius 3 is 2.48 bits per heavy atom. The van der Waals surface area contributed by atoms with Gasteiger partial charge in [0.1, 0.15) is 5.82 Å². The van der Waals surface area contributed by atoms with Crippen LogP contribution in [-0.4, -0.2) is 37.2 Å². The highest BCUT2D eigenvalue weighted by Crippen LogP contribution is 2.29. The van der Waals surface area contributed by atoms with Gasteiger partial charge in [-0.2, -0.15) is 4.98 Å². The summed E-state index contributed by atoms with van der Waals surface area (Å²) in [6.45, 7) is 1.78. The molecule has 23 heavy (non-hydrogen) atoms. The van der Waals surface area contributed by atoms with E-state index in [0.29, 0.717) is 5.92 Å². The third kappa shape index (κ3) is 3.72. The van der Waals surface area contributed by atoms with Gasteiger partial charge in [0.05, 0.1) is 5.52 Å². The lowest BCUT2D eigenvalue weighted by Gasteiger charge is -2.27. The molecule has 1 aliphatic rings. The van der Waals surface area contributed by atoms with Crippen LogP contribution >= 0.6 is 0 Å². The van der Waals surface area contributed by atoms with Gasteiger partial charge in [-0.05, 0) is 56.2 Å².